The van der Waals surface area contributed by atoms with E-state index in [1.807, 2.05) is 32.0 Å². The largest absolute Gasteiger partial charge is 0.409 e. The first-order chi connectivity index (χ1) is 8.62. The summed E-state index contributed by atoms with van der Waals surface area (Å²) in [5.41, 5.74) is 8.32. The van der Waals surface area contributed by atoms with Crippen LogP contribution in [0.3, 0.4) is 0 Å². The Morgan fingerprint density at radius 3 is 2.33 bits per heavy atom. The molecule has 0 heterocycles. The molecule has 0 aliphatic carbocycles. The monoisotopic (exact) mass is 249 g/mol. The maximum atomic E-state index is 11.7. The second-order valence-electron chi connectivity index (χ2n) is 3.97. The summed E-state index contributed by atoms with van der Waals surface area (Å²) in [6, 6.07) is 5.95. The Morgan fingerprint density at radius 2 is 1.89 bits per heavy atom. The molecule has 0 radical (unpaired) electrons. The van der Waals surface area contributed by atoms with E-state index >= 15 is 0 Å². The molecule has 1 aromatic carbocycles. The van der Waals surface area contributed by atoms with E-state index in [0.29, 0.717) is 0 Å². The minimum absolute atomic E-state index is 0.0977. The third-order valence-corrected chi connectivity index (χ3v) is 2.73. The number of oxime groups is 1. The minimum atomic E-state index is -0.277. The number of nitrogens with two attached hydrogens (primary N) is 1. The van der Waals surface area contributed by atoms with Crippen LogP contribution in [0.5, 0.6) is 0 Å². The molecule has 0 saturated carbocycles. The lowest BCUT2D eigenvalue weighted by Crippen LogP contribution is -2.23. The molecule has 5 nitrogen and oxygen atoms in total. The van der Waals surface area contributed by atoms with Crippen LogP contribution in [0.1, 0.15) is 31.4 Å². The first-order valence-electron chi connectivity index (χ1n) is 5.99. The molecular weight excluding hydrogens is 230 g/mol. The number of nitrogens with zero attached hydrogens (tertiary/aromatic N) is 1. The molecule has 1 rings (SSSR count). The van der Waals surface area contributed by atoms with Crippen molar-refractivity contribution in [1.29, 1.82) is 0 Å². The molecule has 0 atom stereocenters. The number of para-hydroxylation sites is 1. The Morgan fingerprint density at radius 1 is 1.33 bits per heavy atom. The number of nitrogens with one attached hydrogen (secondary N) is 1. The number of hydrogen-bond acceptors (Lipinski definition) is 3. The average molecular weight is 249 g/mol. The first-order valence-corrected chi connectivity index (χ1v) is 5.99. The summed E-state index contributed by atoms with van der Waals surface area (Å²) in [5, 5.41) is 14.1. The summed E-state index contributed by atoms with van der Waals surface area (Å²) in [6.45, 7) is 4.07. The van der Waals surface area contributed by atoms with Crippen molar-refractivity contribution in [3.63, 3.8) is 0 Å². The Bertz CT molecular complexity index is 433. The minimum Gasteiger partial charge on any atom is -0.409 e. The third kappa shape index (κ3) is 3.48. The zero-order valence-corrected chi connectivity index (χ0v) is 10.7. The zero-order valence-electron chi connectivity index (χ0n) is 10.7. The van der Waals surface area contributed by atoms with Gasteiger partial charge in [0.15, 0.2) is 0 Å². The van der Waals surface area contributed by atoms with Crippen LogP contribution in [0.2, 0.25) is 0 Å². The fraction of sp³-hybridized carbons (Fsp3) is 0.385. The molecule has 1 amide bonds. The predicted octanol–water partition coefficient (Wildman–Crippen LogP) is 1.89. The molecule has 4 N–H and O–H groups in total. The van der Waals surface area contributed by atoms with Crippen molar-refractivity contribution in [3.8, 4) is 0 Å². The van der Waals surface area contributed by atoms with Crippen molar-refractivity contribution in [1.82, 2.24) is 0 Å². The number of amides is 1. The van der Waals surface area contributed by atoms with Gasteiger partial charge in [-0.3, -0.25) is 4.79 Å². The van der Waals surface area contributed by atoms with Gasteiger partial charge in [-0.1, -0.05) is 37.2 Å². The van der Waals surface area contributed by atoms with Crippen LogP contribution in [0, 0.1) is 0 Å². The van der Waals surface area contributed by atoms with Gasteiger partial charge in [0.25, 0.3) is 0 Å². The van der Waals surface area contributed by atoms with E-state index in [1.54, 1.807) is 0 Å². The van der Waals surface area contributed by atoms with E-state index in [0.717, 1.165) is 29.7 Å². The van der Waals surface area contributed by atoms with Crippen LogP contribution in [-0.2, 0) is 17.6 Å². The van der Waals surface area contributed by atoms with Gasteiger partial charge in [-0.25, -0.2) is 0 Å². The Labute approximate surface area is 107 Å². The van der Waals surface area contributed by atoms with Gasteiger partial charge in [-0.15, -0.1) is 0 Å². The second kappa shape index (κ2) is 6.64. The lowest BCUT2D eigenvalue weighted by molar-refractivity contribution is -0.115. The van der Waals surface area contributed by atoms with Gasteiger partial charge < -0.3 is 16.3 Å². The van der Waals surface area contributed by atoms with Crippen LogP contribution in [0.15, 0.2) is 23.4 Å². The van der Waals surface area contributed by atoms with Crippen molar-refractivity contribution in [2.24, 2.45) is 10.9 Å². The van der Waals surface area contributed by atoms with E-state index in [9.17, 15) is 4.79 Å². The van der Waals surface area contributed by atoms with E-state index < -0.39 is 0 Å². The van der Waals surface area contributed by atoms with Gasteiger partial charge in [0, 0.05) is 5.69 Å². The zero-order chi connectivity index (χ0) is 13.5. The molecule has 0 unspecified atom stereocenters. The van der Waals surface area contributed by atoms with Crippen molar-refractivity contribution in [3.05, 3.63) is 29.3 Å². The predicted molar refractivity (Wildman–Crippen MR) is 71.9 cm³/mol. The van der Waals surface area contributed by atoms with Crippen LogP contribution in [0.4, 0.5) is 5.69 Å². The molecular formula is C13H19N3O2. The quantitative estimate of drug-likeness (QED) is 0.322. The molecule has 18 heavy (non-hydrogen) atoms. The second-order valence-corrected chi connectivity index (χ2v) is 3.97. The van der Waals surface area contributed by atoms with Crippen LogP contribution < -0.4 is 11.1 Å². The number of hydrogen-bond donors (Lipinski definition) is 3. The third-order valence-electron chi connectivity index (χ3n) is 2.73. The molecule has 0 saturated heterocycles. The Balaban J connectivity index is 2.92. The summed E-state index contributed by atoms with van der Waals surface area (Å²) in [6.07, 6.45) is 1.57. The SMILES string of the molecule is CCc1cccc(CC)c1NC(=O)C/C(N)=N/O. The standard InChI is InChI=1S/C13H19N3O2/c1-3-9-6-5-7-10(4-2)13(9)15-12(17)8-11(14)16-18/h5-7,18H,3-4,8H2,1-2H3,(H2,14,16)(H,15,17). The molecule has 0 fully saturated rings. The number of rotatable bonds is 5. The Kier molecular flexibility index (Phi) is 5.17. The van der Waals surface area contributed by atoms with Gasteiger partial charge in [0.05, 0.1) is 6.42 Å². The van der Waals surface area contributed by atoms with Crippen molar-refractivity contribution in [2.75, 3.05) is 5.32 Å². The van der Waals surface area contributed by atoms with E-state index in [4.69, 9.17) is 10.9 Å². The number of aryl methyl sites for hydroxylation is 2. The van der Waals surface area contributed by atoms with E-state index in [2.05, 4.69) is 10.5 Å². The van der Waals surface area contributed by atoms with Gasteiger partial charge in [0.1, 0.15) is 5.84 Å². The number of anilines is 1. The van der Waals surface area contributed by atoms with E-state index in [1.165, 1.54) is 0 Å². The van der Waals surface area contributed by atoms with Crippen molar-refractivity contribution in [2.45, 2.75) is 33.1 Å². The summed E-state index contributed by atoms with van der Waals surface area (Å²) < 4.78 is 0. The van der Waals surface area contributed by atoms with E-state index in [-0.39, 0.29) is 18.2 Å². The fourth-order valence-corrected chi connectivity index (χ4v) is 1.79. The van der Waals surface area contributed by atoms with Crippen molar-refractivity contribution < 1.29 is 10.0 Å². The van der Waals surface area contributed by atoms with Gasteiger partial charge in [0.2, 0.25) is 5.91 Å². The van der Waals surface area contributed by atoms with Crippen LogP contribution in [-0.4, -0.2) is 17.0 Å². The summed E-state index contributed by atoms with van der Waals surface area (Å²) in [5.74, 6) is -0.375. The van der Waals surface area contributed by atoms with Crippen molar-refractivity contribution >= 4 is 17.4 Å². The number of amidine groups is 1. The number of carbonyl (C=O) groups excluding carboxylic acids is 1. The first kappa shape index (κ1) is 14.0. The summed E-state index contributed by atoms with van der Waals surface area (Å²) in [7, 11) is 0. The smallest absolute Gasteiger partial charge is 0.232 e. The molecule has 0 aliphatic rings. The molecule has 0 spiro atoms. The molecule has 0 aromatic heterocycles. The molecule has 98 valence electrons. The highest BCUT2D eigenvalue weighted by Crippen LogP contribution is 2.22. The molecule has 0 aliphatic heterocycles. The van der Waals surface area contributed by atoms with Gasteiger partial charge in [-0.05, 0) is 24.0 Å². The number of benzene rings is 1. The highest BCUT2D eigenvalue weighted by molar-refractivity contribution is 6.05. The lowest BCUT2D eigenvalue weighted by atomic mass is 10.0. The maximum absolute atomic E-state index is 11.7. The highest BCUT2D eigenvalue weighted by Gasteiger charge is 2.11. The lowest BCUT2D eigenvalue weighted by Gasteiger charge is -2.14. The maximum Gasteiger partial charge on any atom is 0.232 e. The normalized spacial score (nSPS) is 11.3. The Hall–Kier alpha value is -2.04. The van der Waals surface area contributed by atoms with Gasteiger partial charge >= 0.3 is 0 Å². The topological polar surface area (TPSA) is 87.7 Å². The van der Waals surface area contributed by atoms with Gasteiger partial charge in [-0.2, -0.15) is 0 Å². The molecule has 0 bridgehead atoms. The molecule has 5 heteroatoms. The van der Waals surface area contributed by atoms with Crippen LogP contribution >= 0.6 is 0 Å². The highest BCUT2D eigenvalue weighted by atomic mass is 16.4. The molecule has 1 aromatic rings. The summed E-state index contributed by atoms with van der Waals surface area (Å²) >= 11 is 0. The number of carbonyl (C=O) groups is 1. The average Bonchev–Trinajstić information content (AvgIpc) is 2.38. The fourth-order valence-electron chi connectivity index (χ4n) is 1.79. The summed E-state index contributed by atoms with van der Waals surface area (Å²) in [4.78, 5) is 11.7. The van der Waals surface area contributed by atoms with Crippen LogP contribution in [0.25, 0.3) is 0 Å².